The molecule has 0 fully saturated rings. The second-order valence-corrected chi connectivity index (χ2v) is 14.4. The molecule has 51 heavy (non-hydrogen) atoms. The van der Waals surface area contributed by atoms with Crippen molar-refractivity contribution in [2.24, 2.45) is 10.1 Å². The first-order chi connectivity index (χ1) is 24.3. The van der Waals surface area contributed by atoms with E-state index in [9.17, 15) is 13.2 Å². The standard InChI is InChI=1S/C37H40IN5O7S/c1-25(35-40-19-8-20-41-35)42-36(49-22-21-48-32(44)23-26-11-13-27(24-38)14-12-26)33(50-31-10-7-6-9-30(31)47-5)34(39)43-51(45,46)29-17-15-28(16-18-29)37(2,3)4/h6-20,42H,1,21-24H2,2-5H3,(H2,39,43). The Morgan fingerprint density at radius 2 is 1.51 bits per heavy atom. The molecule has 0 aliphatic carbocycles. The average Bonchev–Trinajstić information content (AvgIpc) is 3.12. The van der Waals surface area contributed by atoms with E-state index in [1.54, 1.807) is 42.5 Å². The minimum atomic E-state index is -4.34. The van der Waals surface area contributed by atoms with Crippen LogP contribution in [0.25, 0.3) is 5.70 Å². The van der Waals surface area contributed by atoms with Crippen LogP contribution in [0.1, 0.15) is 43.3 Å². The molecule has 0 aliphatic rings. The molecule has 3 N–H and O–H groups in total. The number of benzene rings is 3. The Balaban J connectivity index is 1.69. The Labute approximate surface area is 312 Å². The van der Waals surface area contributed by atoms with E-state index in [0.29, 0.717) is 5.75 Å². The molecule has 0 saturated heterocycles. The molecular weight excluding hydrogens is 785 g/mol. The molecule has 14 heteroatoms. The van der Waals surface area contributed by atoms with Crippen molar-refractivity contribution in [3.63, 3.8) is 0 Å². The molecule has 1 heterocycles. The molecule has 0 aliphatic heterocycles. The number of esters is 1. The third-order valence-corrected chi connectivity index (χ3v) is 9.36. The Kier molecular flexibility index (Phi) is 13.6. The van der Waals surface area contributed by atoms with Gasteiger partial charge in [0.2, 0.25) is 11.6 Å². The largest absolute Gasteiger partial charge is 0.493 e. The maximum Gasteiger partial charge on any atom is 0.310 e. The van der Waals surface area contributed by atoms with E-state index in [2.05, 4.69) is 48.9 Å². The number of amidine groups is 1. The quantitative estimate of drug-likeness (QED) is 0.0256. The molecular formula is C37H40IN5O7S. The first-order valence-electron chi connectivity index (χ1n) is 15.7. The zero-order valence-corrected chi connectivity index (χ0v) is 31.7. The van der Waals surface area contributed by atoms with Crippen molar-refractivity contribution in [2.45, 2.75) is 41.9 Å². The molecule has 4 rings (SSSR count). The van der Waals surface area contributed by atoms with Gasteiger partial charge in [-0.2, -0.15) is 8.42 Å². The van der Waals surface area contributed by atoms with Gasteiger partial charge in [-0.05, 0) is 52.4 Å². The van der Waals surface area contributed by atoms with Crippen LogP contribution in [0, 0.1) is 0 Å². The number of halogens is 1. The minimum absolute atomic E-state index is 0.0704. The summed E-state index contributed by atoms with van der Waals surface area (Å²) < 4.78 is 54.9. The van der Waals surface area contributed by atoms with Gasteiger partial charge < -0.3 is 30.0 Å². The highest BCUT2D eigenvalue weighted by Crippen LogP contribution is 2.29. The number of ether oxygens (including phenoxy) is 4. The molecule has 0 saturated carbocycles. The van der Waals surface area contributed by atoms with E-state index in [1.807, 2.05) is 45.0 Å². The molecule has 12 nitrogen and oxygen atoms in total. The van der Waals surface area contributed by atoms with Gasteiger partial charge in [0, 0.05) is 16.8 Å². The summed E-state index contributed by atoms with van der Waals surface area (Å²) in [6.45, 7) is 9.70. The van der Waals surface area contributed by atoms with Crippen LogP contribution in [-0.2, 0) is 40.6 Å². The van der Waals surface area contributed by atoms with Crippen molar-refractivity contribution in [1.82, 2.24) is 15.3 Å². The number of methoxy groups -OCH3 is 1. The van der Waals surface area contributed by atoms with Gasteiger partial charge in [-0.25, -0.2) is 9.97 Å². The van der Waals surface area contributed by atoms with E-state index >= 15 is 0 Å². The number of nitrogens with two attached hydrogens (primary N) is 1. The van der Waals surface area contributed by atoms with Crippen molar-refractivity contribution < 1.29 is 32.2 Å². The number of hydrogen-bond acceptors (Lipinski definition) is 10. The summed E-state index contributed by atoms with van der Waals surface area (Å²) in [4.78, 5) is 20.9. The number of para-hydroxylation sites is 2. The molecule has 0 atom stereocenters. The zero-order valence-electron chi connectivity index (χ0n) is 28.8. The first-order valence-corrected chi connectivity index (χ1v) is 18.7. The topological polar surface area (TPSA) is 164 Å². The minimum Gasteiger partial charge on any atom is -0.493 e. The second-order valence-electron chi connectivity index (χ2n) is 12.0. The molecule has 1 aromatic heterocycles. The summed E-state index contributed by atoms with van der Waals surface area (Å²) in [5.41, 5.74) is 9.30. The van der Waals surface area contributed by atoms with Crippen LogP contribution in [0.2, 0.25) is 0 Å². The summed E-state index contributed by atoms with van der Waals surface area (Å²) >= 11 is 2.27. The number of nitrogens with one attached hydrogen (secondary N) is 1. The van der Waals surface area contributed by atoms with E-state index in [1.165, 1.54) is 31.6 Å². The molecule has 4 aromatic rings. The summed E-state index contributed by atoms with van der Waals surface area (Å²) in [5.74, 6) is -0.861. The Morgan fingerprint density at radius 1 is 0.902 bits per heavy atom. The summed E-state index contributed by atoms with van der Waals surface area (Å²) in [6, 6.07) is 22.3. The van der Waals surface area contributed by atoms with Crippen molar-refractivity contribution in [2.75, 3.05) is 20.3 Å². The zero-order chi connectivity index (χ0) is 37.0. The average molecular weight is 826 g/mol. The predicted molar refractivity (Wildman–Crippen MR) is 204 cm³/mol. The summed E-state index contributed by atoms with van der Waals surface area (Å²) in [7, 11) is -2.89. The lowest BCUT2D eigenvalue weighted by atomic mass is 9.87. The number of hydrogen-bond donors (Lipinski definition) is 2. The SMILES string of the molecule is C=C(NC(OCCOC(=O)Cc1ccc(CI)cc1)=C(Oc1ccccc1OC)C(N)=NS(=O)(=O)c1ccc(C(C)(C)C)cc1)c1ncccn1. The molecule has 3 aromatic carbocycles. The lowest BCUT2D eigenvalue weighted by molar-refractivity contribution is -0.144. The third-order valence-electron chi connectivity index (χ3n) is 7.18. The van der Waals surface area contributed by atoms with E-state index in [0.717, 1.165) is 21.1 Å². The molecule has 268 valence electrons. The van der Waals surface area contributed by atoms with Gasteiger partial charge >= 0.3 is 5.97 Å². The van der Waals surface area contributed by atoms with E-state index < -0.39 is 21.8 Å². The molecule has 0 spiro atoms. The Morgan fingerprint density at radius 3 is 2.12 bits per heavy atom. The smallest absolute Gasteiger partial charge is 0.310 e. The number of nitrogens with zero attached hydrogens (tertiary/aromatic N) is 3. The number of sulfonamides is 1. The molecule has 0 radical (unpaired) electrons. The van der Waals surface area contributed by atoms with Gasteiger partial charge in [0.1, 0.15) is 13.2 Å². The predicted octanol–water partition coefficient (Wildman–Crippen LogP) is 6.07. The lowest BCUT2D eigenvalue weighted by Crippen LogP contribution is -2.29. The van der Waals surface area contributed by atoms with Crippen LogP contribution in [0.5, 0.6) is 11.5 Å². The molecule has 0 bridgehead atoms. The van der Waals surface area contributed by atoms with Gasteiger partial charge in [0.05, 0.1) is 24.1 Å². The van der Waals surface area contributed by atoms with E-state index in [4.69, 9.17) is 24.7 Å². The highest BCUT2D eigenvalue weighted by molar-refractivity contribution is 14.1. The fourth-order valence-electron chi connectivity index (χ4n) is 4.45. The third kappa shape index (κ3) is 11.3. The Bertz CT molecular complexity index is 1980. The number of carbonyl (C=O) groups is 1. The first kappa shape index (κ1) is 38.8. The molecule has 0 amide bonds. The van der Waals surface area contributed by atoms with E-state index in [-0.39, 0.29) is 58.9 Å². The number of aromatic nitrogens is 2. The van der Waals surface area contributed by atoms with Crippen LogP contribution in [0.15, 0.2) is 119 Å². The summed E-state index contributed by atoms with van der Waals surface area (Å²) in [5, 5.41) is 2.94. The maximum atomic E-state index is 13.5. The monoisotopic (exact) mass is 825 g/mol. The van der Waals surface area contributed by atoms with Crippen LogP contribution in [0.3, 0.4) is 0 Å². The maximum absolute atomic E-state index is 13.5. The second kappa shape index (κ2) is 17.8. The fraction of sp³-hybridized carbons (Fsp3) is 0.243. The van der Waals surface area contributed by atoms with Gasteiger partial charge in [0.15, 0.2) is 23.2 Å². The van der Waals surface area contributed by atoms with Crippen molar-refractivity contribution in [3.05, 3.63) is 132 Å². The normalized spacial score (nSPS) is 12.4. The highest BCUT2D eigenvalue weighted by atomic mass is 127. The van der Waals surface area contributed by atoms with Crippen LogP contribution >= 0.6 is 22.6 Å². The molecule has 0 unspecified atom stereocenters. The van der Waals surface area contributed by atoms with Crippen LogP contribution < -0.4 is 20.5 Å². The number of rotatable bonds is 16. The summed E-state index contributed by atoms with van der Waals surface area (Å²) in [6.07, 6.45) is 3.11. The van der Waals surface area contributed by atoms with Gasteiger partial charge in [-0.15, -0.1) is 4.40 Å². The number of carbonyl (C=O) groups excluding carboxylic acids is 1. The van der Waals surface area contributed by atoms with Crippen LogP contribution in [-0.4, -0.2) is 50.5 Å². The van der Waals surface area contributed by atoms with Crippen LogP contribution in [0.4, 0.5) is 0 Å². The van der Waals surface area contributed by atoms with Gasteiger partial charge in [-0.1, -0.05) is 98.5 Å². The highest BCUT2D eigenvalue weighted by Gasteiger charge is 2.24. The van der Waals surface area contributed by atoms with Gasteiger partial charge in [-0.3, -0.25) is 4.79 Å². The lowest BCUT2D eigenvalue weighted by Gasteiger charge is -2.20. The number of alkyl halides is 1. The fourth-order valence-corrected chi connectivity index (χ4v) is 5.88. The Hall–Kier alpha value is -4.96. The van der Waals surface area contributed by atoms with Crippen molar-refractivity contribution >= 4 is 50.1 Å². The van der Waals surface area contributed by atoms with Crippen molar-refractivity contribution in [3.8, 4) is 11.5 Å². The van der Waals surface area contributed by atoms with Gasteiger partial charge in [0.25, 0.3) is 10.0 Å². The van der Waals surface area contributed by atoms with Crippen molar-refractivity contribution in [1.29, 1.82) is 0 Å².